The Kier molecular flexibility index (Phi) is 6.41. The first-order valence-corrected chi connectivity index (χ1v) is 9.81. The highest BCUT2D eigenvalue weighted by Gasteiger charge is 2.27. The topological polar surface area (TPSA) is 75.6 Å². The van der Waals surface area contributed by atoms with Gasteiger partial charge < -0.3 is 15.2 Å². The maximum absolute atomic E-state index is 12.7. The molecule has 5 nitrogen and oxygen atoms in total. The lowest BCUT2D eigenvalue weighted by atomic mass is 9.79. The Hall–Kier alpha value is -2.82. The SMILES string of the molecule is CCOC(=O)c1ccc(C(=O)Nc2cc(C(C)(C)C)c(O)c(C(C)(C)C)c2)cc1. The molecule has 1 amide bonds. The Morgan fingerprint density at radius 2 is 1.34 bits per heavy atom. The van der Waals surface area contributed by atoms with Gasteiger partial charge in [0.1, 0.15) is 5.75 Å². The smallest absolute Gasteiger partial charge is 0.338 e. The van der Waals surface area contributed by atoms with Crippen LogP contribution in [0.25, 0.3) is 0 Å². The number of hydrogen-bond acceptors (Lipinski definition) is 4. The van der Waals surface area contributed by atoms with Crippen LogP contribution in [0.3, 0.4) is 0 Å². The summed E-state index contributed by atoms with van der Waals surface area (Å²) in [6, 6.07) is 9.97. The molecule has 0 aliphatic carbocycles. The molecular formula is C24H31NO4. The highest BCUT2D eigenvalue weighted by Crippen LogP contribution is 2.41. The Morgan fingerprint density at radius 3 is 1.76 bits per heavy atom. The third-order valence-corrected chi connectivity index (χ3v) is 4.64. The van der Waals surface area contributed by atoms with E-state index in [1.54, 1.807) is 31.2 Å². The van der Waals surface area contributed by atoms with E-state index < -0.39 is 5.97 Å². The molecule has 2 rings (SSSR count). The first-order chi connectivity index (χ1) is 13.3. The van der Waals surface area contributed by atoms with Crippen molar-refractivity contribution in [3.63, 3.8) is 0 Å². The molecule has 0 aromatic heterocycles. The summed E-state index contributed by atoms with van der Waals surface area (Å²) in [5, 5.41) is 13.7. The molecule has 5 heteroatoms. The van der Waals surface area contributed by atoms with E-state index in [4.69, 9.17) is 4.74 Å². The molecule has 0 spiro atoms. The van der Waals surface area contributed by atoms with Gasteiger partial charge in [0.25, 0.3) is 5.91 Å². The summed E-state index contributed by atoms with van der Waals surface area (Å²) >= 11 is 0. The lowest BCUT2D eigenvalue weighted by Crippen LogP contribution is -2.19. The van der Waals surface area contributed by atoms with Crippen molar-refractivity contribution >= 4 is 17.6 Å². The average molecular weight is 398 g/mol. The van der Waals surface area contributed by atoms with Crippen LogP contribution in [-0.4, -0.2) is 23.6 Å². The van der Waals surface area contributed by atoms with E-state index in [1.807, 2.05) is 53.7 Å². The number of anilines is 1. The van der Waals surface area contributed by atoms with Crippen LogP contribution < -0.4 is 5.32 Å². The number of benzene rings is 2. The normalized spacial score (nSPS) is 11.8. The van der Waals surface area contributed by atoms with Crippen molar-refractivity contribution in [3.05, 3.63) is 58.7 Å². The molecule has 0 bridgehead atoms. The number of phenols is 1. The van der Waals surface area contributed by atoms with Gasteiger partial charge in [0.05, 0.1) is 12.2 Å². The fourth-order valence-corrected chi connectivity index (χ4v) is 3.03. The van der Waals surface area contributed by atoms with E-state index in [2.05, 4.69) is 5.32 Å². The average Bonchev–Trinajstić information content (AvgIpc) is 2.61. The number of esters is 1. The molecule has 0 saturated heterocycles. The summed E-state index contributed by atoms with van der Waals surface area (Å²) in [4.78, 5) is 24.5. The molecule has 2 aromatic carbocycles. The lowest BCUT2D eigenvalue weighted by Gasteiger charge is -2.28. The van der Waals surface area contributed by atoms with E-state index in [0.717, 1.165) is 11.1 Å². The van der Waals surface area contributed by atoms with Gasteiger partial charge in [-0.3, -0.25) is 4.79 Å². The number of hydrogen-bond donors (Lipinski definition) is 2. The molecule has 2 N–H and O–H groups in total. The molecule has 156 valence electrons. The molecule has 29 heavy (non-hydrogen) atoms. The van der Waals surface area contributed by atoms with E-state index in [1.165, 1.54) is 0 Å². The van der Waals surface area contributed by atoms with Gasteiger partial charge in [0.15, 0.2) is 0 Å². The van der Waals surface area contributed by atoms with E-state index in [9.17, 15) is 14.7 Å². The number of aromatic hydroxyl groups is 1. The number of nitrogens with one attached hydrogen (secondary N) is 1. The Morgan fingerprint density at radius 1 is 0.897 bits per heavy atom. The molecule has 0 radical (unpaired) electrons. The summed E-state index contributed by atoms with van der Waals surface area (Å²) in [6.45, 7) is 14.2. The predicted octanol–water partition coefficient (Wildman–Crippen LogP) is 5.42. The highest BCUT2D eigenvalue weighted by atomic mass is 16.5. The van der Waals surface area contributed by atoms with Crippen LogP contribution in [0.4, 0.5) is 5.69 Å². The van der Waals surface area contributed by atoms with E-state index in [-0.39, 0.29) is 22.5 Å². The van der Waals surface area contributed by atoms with Crippen molar-refractivity contribution < 1.29 is 19.4 Å². The molecular weight excluding hydrogens is 366 g/mol. The summed E-state index contributed by atoms with van der Waals surface area (Å²) in [7, 11) is 0. The molecule has 0 unspecified atom stereocenters. The van der Waals surface area contributed by atoms with E-state index >= 15 is 0 Å². The van der Waals surface area contributed by atoms with Crippen LogP contribution >= 0.6 is 0 Å². The minimum atomic E-state index is -0.414. The van der Waals surface area contributed by atoms with Crippen molar-refractivity contribution in [1.29, 1.82) is 0 Å². The maximum Gasteiger partial charge on any atom is 0.338 e. The molecule has 0 heterocycles. The number of carbonyl (C=O) groups is 2. The number of phenolic OH excluding ortho intramolecular Hbond substituents is 1. The molecule has 0 saturated carbocycles. The zero-order chi connectivity index (χ0) is 22.0. The molecule has 0 aliphatic rings. The second-order valence-electron chi connectivity index (χ2n) is 9.17. The van der Waals surface area contributed by atoms with Gasteiger partial charge >= 0.3 is 5.97 Å². The fourth-order valence-electron chi connectivity index (χ4n) is 3.03. The number of amides is 1. The minimum absolute atomic E-state index is 0.266. The molecule has 0 aliphatic heterocycles. The Labute approximate surface area is 173 Å². The lowest BCUT2D eigenvalue weighted by molar-refractivity contribution is 0.0526. The molecule has 2 aromatic rings. The van der Waals surface area contributed by atoms with Crippen molar-refractivity contribution in [1.82, 2.24) is 0 Å². The monoisotopic (exact) mass is 397 g/mol. The van der Waals surface area contributed by atoms with Gasteiger partial charge in [-0.1, -0.05) is 41.5 Å². The number of rotatable bonds is 4. The first kappa shape index (κ1) is 22.5. The van der Waals surface area contributed by atoms with Crippen molar-refractivity contribution in [2.45, 2.75) is 59.3 Å². The second-order valence-corrected chi connectivity index (χ2v) is 9.17. The van der Waals surface area contributed by atoms with Crippen LogP contribution in [-0.2, 0) is 15.6 Å². The van der Waals surface area contributed by atoms with Gasteiger partial charge in [0.2, 0.25) is 0 Å². The zero-order valence-corrected chi connectivity index (χ0v) is 18.3. The predicted molar refractivity (Wildman–Crippen MR) is 116 cm³/mol. The van der Waals surface area contributed by atoms with Gasteiger partial charge in [-0.2, -0.15) is 0 Å². The standard InChI is InChI=1S/C24H31NO4/c1-8-29-22(28)16-11-9-15(10-12-16)21(27)25-17-13-18(23(2,3)4)20(26)19(14-17)24(5,6)7/h9-14,26H,8H2,1-7H3,(H,25,27). The molecule has 0 atom stereocenters. The van der Waals surface area contributed by atoms with Gasteiger partial charge in [-0.05, 0) is 54.2 Å². The minimum Gasteiger partial charge on any atom is -0.507 e. The fraction of sp³-hybridized carbons (Fsp3) is 0.417. The molecule has 0 fully saturated rings. The summed E-state index contributed by atoms with van der Waals surface area (Å²) in [5.41, 5.74) is 2.43. The summed E-state index contributed by atoms with van der Waals surface area (Å²) < 4.78 is 4.96. The Bertz CT molecular complexity index is 865. The number of carbonyl (C=O) groups excluding carboxylic acids is 2. The summed E-state index contributed by atoms with van der Waals surface area (Å²) in [6.07, 6.45) is 0. The summed E-state index contributed by atoms with van der Waals surface area (Å²) in [5.74, 6) is -0.435. The third kappa shape index (κ3) is 5.37. The van der Waals surface area contributed by atoms with Crippen LogP contribution in [0.15, 0.2) is 36.4 Å². The van der Waals surface area contributed by atoms with Gasteiger partial charge in [-0.25, -0.2) is 4.79 Å². The highest BCUT2D eigenvalue weighted by molar-refractivity contribution is 6.05. The maximum atomic E-state index is 12.7. The quantitative estimate of drug-likeness (QED) is 0.534. The van der Waals surface area contributed by atoms with Gasteiger partial charge in [-0.15, -0.1) is 0 Å². The van der Waals surface area contributed by atoms with Crippen LogP contribution in [0, 0.1) is 0 Å². The first-order valence-electron chi connectivity index (χ1n) is 9.81. The van der Waals surface area contributed by atoms with Crippen LogP contribution in [0.5, 0.6) is 5.75 Å². The van der Waals surface area contributed by atoms with Crippen molar-refractivity contribution in [2.24, 2.45) is 0 Å². The zero-order valence-electron chi connectivity index (χ0n) is 18.3. The number of ether oxygens (including phenoxy) is 1. The second kappa shape index (κ2) is 8.27. The van der Waals surface area contributed by atoms with Crippen LogP contribution in [0.1, 0.15) is 80.3 Å². The van der Waals surface area contributed by atoms with Gasteiger partial charge in [0, 0.05) is 22.4 Å². The largest absolute Gasteiger partial charge is 0.507 e. The Balaban J connectivity index is 2.36. The van der Waals surface area contributed by atoms with Crippen LogP contribution in [0.2, 0.25) is 0 Å². The van der Waals surface area contributed by atoms with Crippen molar-refractivity contribution in [2.75, 3.05) is 11.9 Å². The van der Waals surface area contributed by atoms with Crippen molar-refractivity contribution in [3.8, 4) is 5.75 Å². The third-order valence-electron chi connectivity index (χ3n) is 4.64. The van der Waals surface area contributed by atoms with E-state index in [0.29, 0.717) is 23.4 Å².